The molecule has 1 saturated carbocycles. The summed E-state index contributed by atoms with van der Waals surface area (Å²) in [6.45, 7) is 2.59. The molecule has 1 fully saturated rings. The monoisotopic (exact) mass is 192 g/mol. The maximum Gasteiger partial charge on any atom is 0.127 e. The van der Waals surface area contributed by atoms with Gasteiger partial charge >= 0.3 is 0 Å². The fraction of sp³-hybridized carbons (Fsp3) is 0.545. The smallest absolute Gasteiger partial charge is 0.127 e. The van der Waals surface area contributed by atoms with Gasteiger partial charge in [-0.2, -0.15) is 0 Å². The van der Waals surface area contributed by atoms with Gasteiger partial charge in [-0.3, -0.25) is 4.98 Å². The van der Waals surface area contributed by atoms with Crippen LogP contribution in [-0.4, -0.2) is 11.1 Å². The molecule has 0 aromatic carbocycles. The van der Waals surface area contributed by atoms with Gasteiger partial charge in [-0.15, -0.1) is 0 Å². The highest BCUT2D eigenvalue weighted by atomic mass is 16.5. The number of hydrogen-bond acceptors (Lipinski definition) is 3. The Balaban J connectivity index is 2.21. The first-order valence-electron chi connectivity index (χ1n) is 5.18. The van der Waals surface area contributed by atoms with Crippen LogP contribution in [0, 0.1) is 0 Å². The minimum Gasteiger partial charge on any atom is -0.490 e. The molecule has 14 heavy (non-hydrogen) atoms. The number of rotatable bonds is 4. The predicted molar refractivity (Wildman–Crippen MR) is 55.2 cm³/mol. The van der Waals surface area contributed by atoms with Crippen molar-refractivity contribution < 1.29 is 4.74 Å². The first-order valence-corrected chi connectivity index (χ1v) is 5.18. The Kier molecular flexibility index (Phi) is 2.68. The average Bonchev–Trinajstić information content (AvgIpc) is 3.01. The molecule has 0 bridgehead atoms. The Morgan fingerprint density at radius 3 is 2.93 bits per heavy atom. The molecular weight excluding hydrogens is 176 g/mol. The zero-order valence-electron chi connectivity index (χ0n) is 8.49. The van der Waals surface area contributed by atoms with Gasteiger partial charge < -0.3 is 10.5 Å². The fourth-order valence-electron chi connectivity index (χ4n) is 1.33. The van der Waals surface area contributed by atoms with Gasteiger partial charge in [-0.05, 0) is 19.3 Å². The zero-order chi connectivity index (χ0) is 9.97. The molecule has 0 amide bonds. The predicted octanol–water partition coefficient (Wildman–Crippen LogP) is 1.64. The Morgan fingerprint density at radius 1 is 1.57 bits per heavy atom. The van der Waals surface area contributed by atoms with Crippen molar-refractivity contribution in [2.24, 2.45) is 5.73 Å². The molecule has 3 heteroatoms. The van der Waals surface area contributed by atoms with Gasteiger partial charge in [0.2, 0.25) is 0 Å². The number of nitrogens with two attached hydrogens (primary N) is 1. The number of pyridine rings is 1. The topological polar surface area (TPSA) is 48.1 Å². The lowest BCUT2D eigenvalue weighted by Gasteiger charge is -2.10. The summed E-state index contributed by atoms with van der Waals surface area (Å²) in [4.78, 5) is 4.30. The van der Waals surface area contributed by atoms with E-state index in [1.165, 1.54) is 12.8 Å². The second kappa shape index (κ2) is 3.96. The van der Waals surface area contributed by atoms with Crippen LogP contribution in [0.4, 0.5) is 0 Å². The van der Waals surface area contributed by atoms with Crippen molar-refractivity contribution >= 4 is 0 Å². The number of ether oxygens (including phenoxy) is 1. The maximum atomic E-state index is 5.77. The van der Waals surface area contributed by atoms with Crippen LogP contribution >= 0.6 is 0 Å². The lowest BCUT2D eigenvalue weighted by molar-refractivity contribution is 0.299. The minimum absolute atomic E-state index is 0.424. The third-order valence-corrected chi connectivity index (χ3v) is 2.40. The third kappa shape index (κ3) is 2.04. The van der Waals surface area contributed by atoms with Crippen molar-refractivity contribution in [2.75, 3.05) is 0 Å². The summed E-state index contributed by atoms with van der Waals surface area (Å²) in [6.07, 6.45) is 5.54. The zero-order valence-corrected chi connectivity index (χ0v) is 8.49. The van der Waals surface area contributed by atoms with Crippen molar-refractivity contribution in [1.29, 1.82) is 0 Å². The quantitative estimate of drug-likeness (QED) is 0.789. The van der Waals surface area contributed by atoms with Crippen molar-refractivity contribution in [3.8, 4) is 5.75 Å². The highest BCUT2D eigenvalue weighted by Gasteiger charge is 2.24. The van der Waals surface area contributed by atoms with E-state index in [0.29, 0.717) is 12.6 Å². The van der Waals surface area contributed by atoms with E-state index < -0.39 is 0 Å². The molecule has 0 radical (unpaired) electrons. The number of hydrogen-bond donors (Lipinski definition) is 1. The summed E-state index contributed by atoms with van der Waals surface area (Å²) < 4.78 is 5.77. The Labute approximate surface area is 84.3 Å². The van der Waals surface area contributed by atoms with Gasteiger partial charge in [-0.1, -0.05) is 6.92 Å². The molecule has 3 nitrogen and oxygen atoms in total. The average molecular weight is 192 g/mol. The second-order valence-corrected chi connectivity index (χ2v) is 3.66. The van der Waals surface area contributed by atoms with Gasteiger partial charge in [0.1, 0.15) is 5.75 Å². The van der Waals surface area contributed by atoms with E-state index in [2.05, 4.69) is 11.9 Å². The van der Waals surface area contributed by atoms with Crippen LogP contribution in [0.15, 0.2) is 12.3 Å². The van der Waals surface area contributed by atoms with Crippen molar-refractivity contribution in [2.45, 2.75) is 38.8 Å². The molecule has 1 aliphatic rings. The number of aromatic nitrogens is 1. The highest BCUT2D eigenvalue weighted by Crippen LogP contribution is 2.29. The lowest BCUT2D eigenvalue weighted by atomic mass is 10.2. The largest absolute Gasteiger partial charge is 0.490 e. The summed E-state index contributed by atoms with van der Waals surface area (Å²) in [5, 5.41) is 0. The summed E-state index contributed by atoms with van der Waals surface area (Å²) in [6, 6.07) is 2.01. The van der Waals surface area contributed by atoms with Gasteiger partial charge in [0.25, 0.3) is 0 Å². The first-order chi connectivity index (χ1) is 6.83. The molecule has 1 aromatic heterocycles. The van der Waals surface area contributed by atoms with E-state index in [9.17, 15) is 0 Å². The Bertz CT molecular complexity index is 321. The van der Waals surface area contributed by atoms with Crippen LogP contribution in [0.2, 0.25) is 0 Å². The van der Waals surface area contributed by atoms with Crippen molar-refractivity contribution in [3.63, 3.8) is 0 Å². The third-order valence-electron chi connectivity index (χ3n) is 2.40. The molecule has 1 heterocycles. The normalized spacial score (nSPS) is 15.6. The van der Waals surface area contributed by atoms with Gasteiger partial charge in [-0.25, -0.2) is 0 Å². The molecule has 0 spiro atoms. The van der Waals surface area contributed by atoms with E-state index in [4.69, 9.17) is 10.5 Å². The first kappa shape index (κ1) is 9.46. The molecule has 0 saturated heterocycles. The van der Waals surface area contributed by atoms with E-state index in [1.54, 1.807) is 0 Å². The molecule has 1 aliphatic carbocycles. The van der Waals surface area contributed by atoms with Gasteiger partial charge in [0.05, 0.1) is 6.10 Å². The summed E-state index contributed by atoms with van der Waals surface area (Å²) in [7, 11) is 0. The standard InChI is InChI=1S/C11H16N2O/c1-2-9-5-11(14-10-3-4-10)8(6-12)7-13-9/h5,7,10H,2-4,6,12H2,1H3. The summed E-state index contributed by atoms with van der Waals surface area (Å²) >= 11 is 0. The van der Waals surface area contributed by atoms with E-state index >= 15 is 0 Å². The lowest BCUT2D eigenvalue weighted by Crippen LogP contribution is -2.05. The summed E-state index contributed by atoms with van der Waals surface area (Å²) in [5.41, 5.74) is 7.69. The Hall–Kier alpha value is -1.09. The van der Waals surface area contributed by atoms with Crippen LogP contribution in [0.25, 0.3) is 0 Å². The van der Waals surface area contributed by atoms with Crippen LogP contribution in [0.3, 0.4) is 0 Å². The van der Waals surface area contributed by atoms with E-state index in [1.807, 2.05) is 12.3 Å². The molecule has 0 atom stereocenters. The van der Waals surface area contributed by atoms with Crippen molar-refractivity contribution in [1.82, 2.24) is 4.98 Å². The number of nitrogens with zero attached hydrogens (tertiary/aromatic N) is 1. The molecule has 0 unspecified atom stereocenters. The van der Waals surface area contributed by atoms with Crippen LogP contribution in [0.5, 0.6) is 5.75 Å². The van der Waals surface area contributed by atoms with E-state index in [0.717, 1.165) is 23.4 Å². The maximum absolute atomic E-state index is 5.77. The second-order valence-electron chi connectivity index (χ2n) is 3.66. The van der Waals surface area contributed by atoms with Crippen LogP contribution < -0.4 is 10.5 Å². The van der Waals surface area contributed by atoms with E-state index in [-0.39, 0.29) is 0 Å². The minimum atomic E-state index is 0.424. The molecule has 2 rings (SSSR count). The van der Waals surface area contributed by atoms with Gasteiger partial charge in [0.15, 0.2) is 0 Å². The number of aryl methyl sites for hydroxylation is 1. The molecule has 76 valence electrons. The molecular formula is C11H16N2O. The van der Waals surface area contributed by atoms with Crippen LogP contribution in [-0.2, 0) is 13.0 Å². The molecule has 0 aliphatic heterocycles. The molecule has 2 N–H and O–H groups in total. The summed E-state index contributed by atoms with van der Waals surface area (Å²) in [5.74, 6) is 0.932. The molecule has 1 aromatic rings. The van der Waals surface area contributed by atoms with Gasteiger partial charge in [0, 0.05) is 30.1 Å². The Morgan fingerprint density at radius 2 is 2.36 bits per heavy atom. The van der Waals surface area contributed by atoms with Crippen LogP contribution in [0.1, 0.15) is 31.0 Å². The highest BCUT2D eigenvalue weighted by molar-refractivity contribution is 5.33. The van der Waals surface area contributed by atoms with Crippen molar-refractivity contribution in [3.05, 3.63) is 23.5 Å². The SMILES string of the molecule is CCc1cc(OC2CC2)c(CN)cn1. The fourth-order valence-corrected chi connectivity index (χ4v) is 1.33.